The molecule has 0 saturated heterocycles. The molecule has 5 nitrogen and oxygen atoms in total. The summed E-state index contributed by atoms with van der Waals surface area (Å²) in [5.74, 6) is 0.413. The highest BCUT2D eigenvalue weighted by molar-refractivity contribution is 5.83. The lowest BCUT2D eigenvalue weighted by Gasteiger charge is -2.17. The normalized spacial score (nSPS) is 12.0. The van der Waals surface area contributed by atoms with Gasteiger partial charge in [-0.3, -0.25) is 0 Å². The topological polar surface area (TPSA) is 59.9 Å². The van der Waals surface area contributed by atoms with E-state index in [-0.39, 0.29) is 24.1 Å². The van der Waals surface area contributed by atoms with Gasteiger partial charge >= 0.3 is 0 Å². The lowest BCUT2D eigenvalue weighted by atomic mass is 9.90. The molecule has 4 rings (SSSR count). The largest absolute Gasteiger partial charge is 0.476 e. The molecule has 1 N–H and O–H groups in total. The van der Waals surface area contributed by atoms with Crippen molar-refractivity contribution in [1.82, 2.24) is 15.0 Å². The Balaban J connectivity index is 1.62. The van der Waals surface area contributed by atoms with Crippen LogP contribution in [0.15, 0.2) is 54.6 Å². The number of pyridine rings is 1. The number of fused-ring (bicyclic) bond motifs is 1. The summed E-state index contributed by atoms with van der Waals surface area (Å²) in [5, 5.41) is 3.15. The molecule has 1 unspecified atom stereocenters. The SMILES string of the molecule is CCCC(CC)c1cccc(CNc2nc(OCC)c3nc(-c4ccc(F)cc4)ccc3n2)c1F. The Morgan fingerprint density at radius 2 is 1.71 bits per heavy atom. The van der Waals surface area contributed by atoms with Gasteiger partial charge in [0, 0.05) is 17.7 Å². The molecule has 7 heteroatoms. The molecule has 0 radical (unpaired) electrons. The van der Waals surface area contributed by atoms with Crippen molar-refractivity contribution >= 4 is 17.0 Å². The zero-order valence-corrected chi connectivity index (χ0v) is 20.3. The van der Waals surface area contributed by atoms with Gasteiger partial charge in [0.05, 0.1) is 17.8 Å². The van der Waals surface area contributed by atoms with Crippen molar-refractivity contribution in [2.75, 3.05) is 11.9 Å². The van der Waals surface area contributed by atoms with Gasteiger partial charge in [-0.2, -0.15) is 4.98 Å². The van der Waals surface area contributed by atoms with Crippen LogP contribution in [0.3, 0.4) is 0 Å². The van der Waals surface area contributed by atoms with Crippen LogP contribution in [-0.2, 0) is 6.54 Å². The van der Waals surface area contributed by atoms with Crippen molar-refractivity contribution in [2.45, 2.75) is 52.5 Å². The summed E-state index contributed by atoms with van der Waals surface area (Å²) in [5.41, 5.74) is 3.89. The monoisotopic (exact) mass is 476 g/mol. The van der Waals surface area contributed by atoms with Gasteiger partial charge in [-0.15, -0.1) is 0 Å². The van der Waals surface area contributed by atoms with E-state index in [1.165, 1.54) is 12.1 Å². The van der Waals surface area contributed by atoms with E-state index in [4.69, 9.17) is 4.74 Å². The number of rotatable bonds is 10. The average Bonchev–Trinajstić information content (AvgIpc) is 2.87. The minimum atomic E-state index is -0.304. The van der Waals surface area contributed by atoms with Crippen LogP contribution < -0.4 is 10.1 Å². The van der Waals surface area contributed by atoms with Crippen molar-refractivity contribution in [3.63, 3.8) is 0 Å². The minimum Gasteiger partial charge on any atom is -0.476 e. The number of nitrogens with one attached hydrogen (secondary N) is 1. The van der Waals surface area contributed by atoms with E-state index in [1.807, 2.05) is 31.2 Å². The van der Waals surface area contributed by atoms with Gasteiger partial charge in [0.15, 0.2) is 5.52 Å². The lowest BCUT2D eigenvalue weighted by molar-refractivity contribution is 0.330. The zero-order chi connectivity index (χ0) is 24.8. The Bertz CT molecular complexity index is 1290. The predicted molar refractivity (Wildman–Crippen MR) is 136 cm³/mol. The third kappa shape index (κ3) is 5.56. The fraction of sp³-hybridized carbons (Fsp3) is 0.321. The van der Waals surface area contributed by atoms with Gasteiger partial charge in [-0.1, -0.05) is 38.5 Å². The molecular formula is C28H30F2N4O. The van der Waals surface area contributed by atoms with Crippen LogP contribution >= 0.6 is 0 Å². The molecule has 0 fully saturated rings. The molecular weight excluding hydrogens is 446 g/mol. The first-order chi connectivity index (χ1) is 17.0. The second-order valence-corrected chi connectivity index (χ2v) is 8.42. The van der Waals surface area contributed by atoms with Gasteiger partial charge < -0.3 is 10.1 Å². The summed E-state index contributed by atoms with van der Waals surface area (Å²) in [4.78, 5) is 13.7. The first kappa shape index (κ1) is 24.5. The maximum atomic E-state index is 15.3. The maximum absolute atomic E-state index is 15.3. The Morgan fingerprint density at radius 3 is 2.43 bits per heavy atom. The molecule has 0 aliphatic heterocycles. The highest BCUT2D eigenvalue weighted by Gasteiger charge is 2.17. The van der Waals surface area contributed by atoms with Crippen molar-refractivity contribution < 1.29 is 13.5 Å². The fourth-order valence-electron chi connectivity index (χ4n) is 4.24. The number of halogens is 2. The second-order valence-electron chi connectivity index (χ2n) is 8.42. The first-order valence-electron chi connectivity index (χ1n) is 12.1. The van der Waals surface area contributed by atoms with E-state index < -0.39 is 0 Å². The summed E-state index contributed by atoms with van der Waals surface area (Å²) in [6.45, 7) is 6.74. The smallest absolute Gasteiger partial charge is 0.245 e. The molecule has 0 aliphatic carbocycles. The van der Waals surface area contributed by atoms with Gasteiger partial charge in [-0.25, -0.2) is 18.7 Å². The van der Waals surface area contributed by atoms with Crippen LogP contribution in [0.25, 0.3) is 22.3 Å². The molecule has 2 aromatic carbocycles. The quantitative estimate of drug-likeness (QED) is 0.261. The minimum absolute atomic E-state index is 0.170. The van der Waals surface area contributed by atoms with E-state index in [9.17, 15) is 4.39 Å². The number of hydrogen-bond donors (Lipinski definition) is 1. The van der Waals surface area contributed by atoms with Gasteiger partial charge in [0.25, 0.3) is 0 Å². The van der Waals surface area contributed by atoms with Crippen LogP contribution in [0, 0.1) is 11.6 Å². The van der Waals surface area contributed by atoms with Crippen LogP contribution in [0.4, 0.5) is 14.7 Å². The number of benzene rings is 2. The average molecular weight is 477 g/mol. The lowest BCUT2D eigenvalue weighted by Crippen LogP contribution is -2.10. The number of anilines is 1. The standard InChI is InChI=1S/C28H30F2N4O/c1-4-8-18(5-2)22-10-7-9-20(25(22)30)17-31-28-33-24-16-15-23(19-11-13-21(29)14-12-19)32-26(24)27(34-28)35-6-3/h7,9-16,18H,4-6,8,17H2,1-3H3,(H,31,33,34). The molecule has 35 heavy (non-hydrogen) atoms. The Morgan fingerprint density at radius 1 is 0.914 bits per heavy atom. The molecule has 0 amide bonds. The molecule has 2 heterocycles. The summed E-state index contributed by atoms with van der Waals surface area (Å²) in [6, 6.07) is 15.4. The molecule has 1 atom stereocenters. The zero-order valence-electron chi connectivity index (χ0n) is 20.3. The molecule has 182 valence electrons. The summed E-state index contributed by atoms with van der Waals surface area (Å²) in [6.07, 6.45) is 2.88. The summed E-state index contributed by atoms with van der Waals surface area (Å²) < 4.78 is 34.3. The van der Waals surface area contributed by atoms with Gasteiger partial charge in [0.2, 0.25) is 11.8 Å². The fourth-order valence-corrected chi connectivity index (χ4v) is 4.24. The third-order valence-electron chi connectivity index (χ3n) is 6.05. The van der Waals surface area contributed by atoms with Crippen LogP contribution in [0.5, 0.6) is 5.88 Å². The Labute approximate surface area is 204 Å². The first-order valence-corrected chi connectivity index (χ1v) is 12.1. The summed E-state index contributed by atoms with van der Waals surface area (Å²) >= 11 is 0. The van der Waals surface area contributed by atoms with Crippen LogP contribution in [0.1, 0.15) is 57.1 Å². The predicted octanol–water partition coefficient (Wildman–Crippen LogP) is 7.27. The summed E-state index contributed by atoms with van der Waals surface area (Å²) in [7, 11) is 0. The van der Waals surface area contributed by atoms with Crippen molar-refractivity contribution in [3.8, 4) is 17.1 Å². The van der Waals surface area contributed by atoms with Crippen molar-refractivity contribution in [1.29, 1.82) is 0 Å². The molecule has 0 bridgehead atoms. The van der Waals surface area contributed by atoms with E-state index in [1.54, 1.807) is 18.2 Å². The van der Waals surface area contributed by atoms with Crippen LogP contribution in [0.2, 0.25) is 0 Å². The highest BCUT2D eigenvalue weighted by atomic mass is 19.1. The molecule has 0 saturated carbocycles. The molecule has 4 aromatic rings. The van der Waals surface area contributed by atoms with Gasteiger partial charge in [-0.05, 0) is 67.6 Å². The third-order valence-corrected chi connectivity index (χ3v) is 6.05. The number of nitrogens with zero attached hydrogens (tertiary/aromatic N) is 3. The van der Waals surface area contributed by atoms with Crippen molar-refractivity contribution in [3.05, 3.63) is 77.4 Å². The Hall–Kier alpha value is -3.61. The number of hydrogen-bond acceptors (Lipinski definition) is 5. The second kappa shape index (κ2) is 11.2. The van der Waals surface area contributed by atoms with E-state index in [0.717, 1.165) is 30.4 Å². The van der Waals surface area contributed by atoms with E-state index in [2.05, 4.69) is 34.1 Å². The van der Waals surface area contributed by atoms with E-state index in [0.29, 0.717) is 40.7 Å². The molecule has 0 aliphatic rings. The van der Waals surface area contributed by atoms with Crippen LogP contribution in [-0.4, -0.2) is 21.6 Å². The number of aromatic nitrogens is 3. The van der Waals surface area contributed by atoms with E-state index >= 15 is 4.39 Å². The molecule has 2 aromatic heterocycles. The maximum Gasteiger partial charge on any atom is 0.245 e. The molecule has 0 spiro atoms. The van der Waals surface area contributed by atoms with Gasteiger partial charge in [0.1, 0.15) is 11.6 Å². The highest BCUT2D eigenvalue weighted by Crippen LogP contribution is 2.30. The van der Waals surface area contributed by atoms with Crippen molar-refractivity contribution in [2.24, 2.45) is 0 Å². The Kier molecular flexibility index (Phi) is 7.85. The number of ether oxygens (including phenoxy) is 1.